The summed E-state index contributed by atoms with van der Waals surface area (Å²) in [5.41, 5.74) is 7.53. The summed E-state index contributed by atoms with van der Waals surface area (Å²) in [5.74, 6) is 0. The molecule has 2 aromatic rings. The van der Waals surface area contributed by atoms with E-state index in [1.807, 2.05) is 0 Å². The van der Waals surface area contributed by atoms with Gasteiger partial charge in [0.25, 0.3) is 6.17 Å². The SMILES string of the molecule is CCCCc1cccc2c1Cc1ccccc1-2.O=S(=O)(O)C(F)(F)C(F)C(F)(F)F. The number of hydrogen-bond acceptors (Lipinski definition) is 2. The van der Waals surface area contributed by atoms with E-state index in [1.165, 1.54) is 36.0 Å². The lowest BCUT2D eigenvalue weighted by atomic mass is 9.98. The third-order valence-corrected chi connectivity index (χ3v) is 5.57. The highest BCUT2D eigenvalue weighted by atomic mass is 32.2. The second kappa shape index (κ2) is 8.97. The zero-order valence-electron chi connectivity index (χ0n) is 15.9. The second-order valence-electron chi connectivity index (χ2n) is 6.82. The largest absolute Gasteiger partial charge is 0.426 e. The van der Waals surface area contributed by atoms with E-state index in [0.717, 1.165) is 6.42 Å². The summed E-state index contributed by atoms with van der Waals surface area (Å²) in [6.07, 6.45) is -6.07. The standard InChI is InChI=1S/C17H18.C3H2F6O3S/c1-2-3-7-13-9-6-11-16-15-10-5-4-8-14(15)12-17(13)16;4-1(2(5,6)7)3(8,9)13(10,11)12/h4-6,8-11H,2-3,7,12H2,1H3;1H,(H,10,11,12). The van der Waals surface area contributed by atoms with Crippen LogP contribution in [0.3, 0.4) is 0 Å². The van der Waals surface area contributed by atoms with Gasteiger partial charge in [0.05, 0.1) is 0 Å². The number of benzene rings is 2. The molecule has 1 aliphatic rings. The smallest absolute Gasteiger partial charge is 0.281 e. The van der Waals surface area contributed by atoms with Gasteiger partial charge in [0.2, 0.25) is 0 Å². The highest BCUT2D eigenvalue weighted by Gasteiger charge is 2.64. The summed E-state index contributed by atoms with van der Waals surface area (Å²) in [6, 6.07) is 15.6. The number of rotatable bonds is 5. The first-order chi connectivity index (χ1) is 13.8. The van der Waals surface area contributed by atoms with Crippen LogP contribution in [-0.4, -0.2) is 30.6 Å². The molecule has 0 bridgehead atoms. The third-order valence-electron chi connectivity index (χ3n) is 4.67. The Balaban J connectivity index is 0.000000224. The van der Waals surface area contributed by atoms with Crippen molar-refractivity contribution >= 4 is 10.1 Å². The summed E-state index contributed by atoms with van der Waals surface area (Å²) in [5, 5.41) is -5.88. The molecule has 1 N–H and O–H groups in total. The quantitative estimate of drug-likeness (QED) is 0.382. The van der Waals surface area contributed by atoms with Gasteiger partial charge in [-0.1, -0.05) is 55.8 Å². The van der Waals surface area contributed by atoms with Gasteiger partial charge in [0.15, 0.2) is 0 Å². The van der Waals surface area contributed by atoms with E-state index >= 15 is 0 Å². The number of hydrogen-bond donors (Lipinski definition) is 1. The zero-order valence-corrected chi connectivity index (χ0v) is 16.7. The van der Waals surface area contributed by atoms with Crippen molar-refractivity contribution in [1.82, 2.24) is 0 Å². The molecule has 0 aliphatic heterocycles. The molecule has 0 fully saturated rings. The Labute approximate surface area is 170 Å². The van der Waals surface area contributed by atoms with E-state index in [-0.39, 0.29) is 0 Å². The van der Waals surface area contributed by atoms with Crippen molar-refractivity contribution in [1.29, 1.82) is 0 Å². The van der Waals surface area contributed by atoms with Gasteiger partial charge < -0.3 is 0 Å². The minimum atomic E-state index is -6.41. The van der Waals surface area contributed by atoms with Gasteiger partial charge >= 0.3 is 21.5 Å². The molecule has 10 heteroatoms. The van der Waals surface area contributed by atoms with E-state index < -0.39 is 27.7 Å². The first-order valence-electron chi connectivity index (χ1n) is 9.05. The summed E-state index contributed by atoms with van der Waals surface area (Å²) in [7, 11) is -6.41. The van der Waals surface area contributed by atoms with Gasteiger partial charge in [-0.25, -0.2) is 4.39 Å². The van der Waals surface area contributed by atoms with Gasteiger partial charge in [-0.15, -0.1) is 0 Å². The van der Waals surface area contributed by atoms with Gasteiger partial charge in [-0.05, 0) is 47.1 Å². The molecule has 3 rings (SSSR count). The molecule has 3 nitrogen and oxygen atoms in total. The maximum absolute atomic E-state index is 11.9. The molecule has 0 radical (unpaired) electrons. The molecular weight excluding hydrogens is 434 g/mol. The van der Waals surface area contributed by atoms with E-state index in [0.29, 0.717) is 0 Å². The Kier molecular flexibility index (Phi) is 7.24. The Hall–Kier alpha value is -2.07. The van der Waals surface area contributed by atoms with Crippen molar-refractivity contribution < 1.29 is 39.3 Å². The van der Waals surface area contributed by atoms with Crippen LogP contribution < -0.4 is 0 Å². The topological polar surface area (TPSA) is 54.4 Å². The highest BCUT2D eigenvalue weighted by molar-refractivity contribution is 7.86. The molecule has 0 spiro atoms. The van der Waals surface area contributed by atoms with Crippen LogP contribution in [0.4, 0.5) is 26.3 Å². The minimum absolute atomic E-state index is 1.13. The Morgan fingerprint density at radius 2 is 1.60 bits per heavy atom. The van der Waals surface area contributed by atoms with Gasteiger partial charge in [-0.2, -0.15) is 30.4 Å². The second-order valence-corrected chi connectivity index (χ2v) is 8.32. The first-order valence-corrected chi connectivity index (χ1v) is 10.5. The Morgan fingerprint density at radius 3 is 2.13 bits per heavy atom. The van der Waals surface area contributed by atoms with Crippen molar-refractivity contribution in [2.75, 3.05) is 0 Å². The lowest BCUT2D eigenvalue weighted by molar-refractivity contribution is -0.223. The molecule has 1 unspecified atom stereocenters. The predicted molar refractivity (Wildman–Crippen MR) is 101 cm³/mol. The van der Waals surface area contributed by atoms with Gasteiger partial charge in [-0.3, -0.25) is 4.55 Å². The molecule has 1 aliphatic carbocycles. The summed E-state index contributed by atoms with van der Waals surface area (Å²) in [4.78, 5) is 0. The molecule has 0 amide bonds. The first kappa shape index (κ1) is 24.2. The van der Waals surface area contributed by atoms with Crippen LogP contribution in [0.2, 0.25) is 0 Å². The highest BCUT2D eigenvalue weighted by Crippen LogP contribution is 2.39. The summed E-state index contributed by atoms with van der Waals surface area (Å²) < 4.78 is 96.1. The zero-order chi connectivity index (χ0) is 22.7. The molecule has 0 aromatic heterocycles. The van der Waals surface area contributed by atoms with Crippen molar-refractivity contribution in [3.63, 3.8) is 0 Å². The average molecular weight is 454 g/mol. The van der Waals surface area contributed by atoms with Gasteiger partial charge in [0.1, 0.15) is 0 Å². The maximum atomic E-state index is 11.9. The Morgan fingerprint density at radius 1 is 1.00 bits per heavy atom. The fraction of sp³-hybridized carbons (Fsp3) is 0.400. The molecule has 30 heavy (non-hydrogen) atoms. The fourth-order valence-electron chi connectivity index (χ4n) is 3.15. The lowest BCUT2D eigenvalue weighted by Crippen LogP contribution is -2.46. The molecule has 0 saturated heterocycles. The molecular formula is C20H20F6O3S. The van der Waals surface area contributed by atoms with Gasteiger partial charge in [0, 0.05) is 0 Å². The van der Waals surface area contributed by atoms with Crippen molar-refractivity contribution in [2.24, 2.45) is 0 Å². The minimum Gasteiger partial charge on any atom is -0.281 e. The summed E-state index contributed by atoms with van der Waals surface area (Å²) in [6.45, 7) is 2.26. The van der Waals surface area contributed by atoms with Crippen LogP contribution in [0.15, 0.2) is 42.5 Å². The molecule has 0 heterocycles. The van der Waals surface area contributed by atoms with Crippen LogP contribution in [0.1, 0.15) is 36.5 Å². The van der Waals surface area contributed by atoms with E-state index in [2.05, 4.69) is 49.4 Å². The Bertz CT molecular complexity index is 986. The predicted octanol–water partition coefficient (Wildman–Crippen LogP) is 5.97. The van der Waals surface area contributed by atoms with Crippen molar-refractivity contribution in [3.8, 4) is 11.1 Å². The average Bonchev–Trinajstić information content (AvgIpc) is 3.04. The van der Waals surface area contributed by atoms with E-state index in [4.69, 9.17) is 4.55 Å². The fourth-order valence-corrected chi connectivity index (χ4v) is 3.54. The number of halogens is 6. The van der Waals surface area contributed by atoms with Crippen LogP contribution >= 0.6 is 0 Å². The normalized spacial score (nSPS) is 14.4. The lowest BCUT2D eigenvalue weighted by Gasteiger charge is -2.19. The number of fused-ring (bicyclic) bond motifs is 3. The molecule has 166 valence electrons. The number of alkyl halides is 6. The van der Waals surface area contributed by atoms with Crippen molar-refractivity contribution in [3.05, 3.63) is 59.2 Å². The monoisotopic (exact) mass is 454 g/mol. The summed E-state index contributed by atoms with van der Waals surface area (Å²) >= 11 is 0. The van der Waals surface area contributed by atoms with Crippen LogP contribution in [0, 0.1) is 0 Å². The van der Waals surface area contributed by atoms with E-state index in [1.54, 1.807) is 11.1 Å². The van der Waals surface area contributed by atoms with Crippen LogP contribution in [0.25, 0.3) is 11.1 Å². The van der Waals surface area contributed by atoms with E-state index in [9.17, 15) is 34.8 Å². The number of unbranched alkanes of at least 4 members (excludes halogenated alkanes) is 1. The molecule has 1 atom stereocenters. The molecule has 2 aromatic carbocycles. The third kappa shape index (κ3) is 5.15. The number of aryl methyl sites for hydroxylation is 1. The van der Waals surface area contributed by atoms with Crippen LogP contribution in [0.5, 0.6) is 0 Å². The maximum Gasteiger partial charge on any atom is 0.426 e. The molecule has 0 saturated carbocycles. The van der Waals surface area contributed by atoms with Crippen LogP contribution in [-0.2, 0) is 23.0 Å². The van der Waals surface area contributed by atoms with Crippen molar-refractivity contribution in [2.45, 2.75) is 50.2 Å².